The number of nitro benzene ring substituents is 1. The Kier molecular flexibility index (Phi) is 5.75. The molecule has 0 aliphatic rings. The van der Waals surface area contributed by atoms with Crippen LogP contribution < -0.4 is 5.32 Å². The highest BCUT2D eigenvalue weighted by molar-refractivity contribution is 6.30. The van der Waals surface area contributed by atoms with Crippen LogP contribution in [0.25, 0.3) is 16.9 Å². The van der Waals surface area contributed by atoms with E-state index in [1.807, 2.05) is 13.8 Å². The monoisotopic (exact) mass is 398 g/mol. The van der Waals surface area contributed by atoms with Crippen LogP contribution in [0.4, 0.5) is 5.69 Å². The molecular weight excluding hydrogens is 380 g/mol. The number of aromatic nitrogens is 2. The second kappa shape index (κ2) is 8.22. The average Bonchev–Trinajstić information content (AvgIpc) is 3.11. The van der Waals surface area contributed by atoms with Crippen LogP contribution in [0.1, 0.15) is 24.3 Å². The highest BCUT2D eigenvalue weighted by Gasteiger charge is 2.18. The number of nitrogens with zero attached hydrogens (tertiary/aromatic N) is 3. The van der Waals surface area contributed by atoms with Gasteiger partial charge in [-0.2, -0.15) is 5.10 Å². The van der Waals surface area contributed by atoms with E-state index in [4.69, 9.17) is 11.6 Å². The lowest BCUT2D eigenvalue weighted by Crippen LogP contribution is -2.29. The Hall–Kier alpha value is -3.19. The fourth-order valence-corrected chi connectivity index (χ4v) is 2.81. The smallest absolute Gasteiger partial charge is 0.270 e. The van der Waals surface area contributed by atoms with Gasteiger partial charge in [-0.25, -0.2) is 4.68 Å². The Labute approximate surface area is 167 Å². The number of carbonyl (C=O) groups excluding carboxylic acids is 1. The zero-order valence-corrected chi connectivity index (χ0v) is 16.2. The summed E-state index contributed by atoms with van der Waals surface area (Å²) in [6, 6.07) is 14.7. The number of halogens is 1. The summed E-state index contributed by atoms with van der Waals surface area (Å²) in [7, 11) is 0. The Morgan fingerprint density at radius 2 is 1.93 bits per heavy atom. The van der Waals surface area contributed by atoms with Gasteiger partial charge in [0.25, 0.3) is 11.6 Å². The van der Waals surface area contributed by atoms with Crippen molar-refractivity contribution in [3.63, 3.8) is 0 Å². The third kappa shape index (κ3) is 4.37. The molecule has 0 aliphatic heterocycles. The summed E-state index contributed by atoms with van der Waals surface area (Å²) >= 11 is 6.09. The average molecular weight is 399 g/mol. The highest BCUT2D eigenvalue weighted by atomic mass is 35.5. The van der Waals surface area contributed by atoms with E-state index in [0.29, 0.717) is 40.1 Å². The molecule has 0 fully saturated rings. The minimum atomic E-state index is -0.459. The van der Waals surface area contributed by atoms with Crippen LogP contribution in [0.15, 0.2) is 54.6 Å². The van der Waals surface area contributed by atoms with E-state index in [9.17, 15) is 14.9 Å². The lowest BCUT2D eigenvalue weighted by atomic mass is 10.1. The van der Waals surface area contributed by atoms with E-state index in [1.165, 1.54) is 16.8 Å². The van der Waals surface area contributed by atoms with Crippen molar-refractivity contribution in [2.45, 2.75) is 13.8 Å². The number of hydrogen-bond donors (Lipinski definition) is 1. The molecule has 8 heteroatoms. The zero-order valence-electron chi connectivity index (χ0n) is 15.4. The zero-order chi connectivity index (χ0) is 20.3. The normalized spacial score (nSPS) is 10.9. The third-order valence-electron chi connectivity index (χ3n) is 4.04. The summed E-state index contributed by atoms with van der Waals surface area (Å²) in [5.74, 6) is 0.0509. The first kappa shape index (κ1) is 19.6. The molecule has 0 saturated carbocycles. The second-order valence-electron chi connectivity index (χ2n) is 6.71. The minimum absolute atomic E-state index is 0.00655. The molecule has 7 nitrogen and oxygen atoms in total. The van der Waals surface area contributed by atoms with E-state index in [1.54, 1.807) is 42.5 Å². The molecule has 3 rings (SSSR count). The van der Waals surface area contributed by atoms with Crippen LogP contribution >= 0.6 is 11.6 Å². The number of hydrogen-bond acceptors (Lipinski definition) is 4. The number of carbonyl (C=O) groups is 1. The quantitative estimate of drug-likeness (QED) is 0.489. The first-order valence-corrected chi connectivity index (χ1v) is 9.12. The fraction of sp³-hybridized carbons (Fsp3) is 0.200. The number of non-ortho nitro benzene ring substituents is 1. The van der Waals surface area contributed by atoms with Crippen LogP contribution in [-0.4, -0.2) is 27.2 Å². The molecule has 0 saturated heterocycles. The van der Waals surface area contributed by atoms with Crippen molar-refractivity contribution in [1.29, 1.82) is 0 Å². The number of benzene rings is 2. The largest absolute Gasteiger partial charge is 0.350 e. The number of rotatable bonds is 6. The molecule has 2 aromatic carbocycles. The first-order valence-electron chi connectivity index (χ1n) is 8.74. The highest BCUT2D eigenvalue weighted by Crippen LogP contribution is 2.25. The third-order valence-corrected chi connectivity index (χ3v) is 4.27. The maximum Gasteiger partial charge on any atom is 0.270 e. The van der Waals surface area contributed by atoms with Gasteiger partial charge in [-0.15, -0.1) is 0 Å². The second-order valence-corrected chi connectivity index (χ2v) is 7.15. The van der Waals surface area contributed by atoms with Crippen molar-refractivity contribution in [3.8, 4) is 16.9 Å². The van der Waals surface area contributed by atoms with Crippen LogP contribution in [-0.2, 0) is 0 Å². The molecule has 0 atom stereocenters. The fourth-order valence-electron chi connectivity index (χ4n) is 2.63. The van der Waals surface area contributed by atoms with Crippen molar-refractivity contribution < 1.29 is 9.72 Å². The lowest BCUT2D eigenvalue weighted by Gasteiger charge is -2.10. The van der Waals surface area contributed by atoms with Crippen molar-refractivity contribution in [3.05, 3.63) is 75.4 Å². The van der Waals surface area contributed by atoms with Crippen LogP contribution in [0.3, 0.4) is 0 Å². The van der Waals surface area contributed by atoms with Gasteiger partial charge in [0.05, 0.1) is 16.3 Å². The molecule has 0 aliphatic carbocycles. The summed E-state index contributed by atoms with van der Waals surface area (Å²) in [5, 5.41) is 18.8. The standard InChI is InChI=1S/C20H19ClN4O3/c1-13(2)12-22-20(26)19-11-18(14-6-8-16(9-7-14)25(27)28)23-24(19)17-5-3-4-15(21)10-17/h3-11,13H,12H2,1-2H3,(H,22,26). The number of nitrogens with one attached hydrogen (secondary N) is 1. The van der Waals surface area contributed by atoms with Crippen molar-refractivity contribution in [2.75, 3.05) is 6.54 Å². The van der Waals surface area contributed by atoms with Gasteiger partial charge in [-0.3, -0.25) is 14.9 Å². The molecule has 28 heavy (non-hydrogen) atoms. The summed E-state index contributed by atoms with van der Waals surface area (Å²) in [6.45, 7) is 4.56. The van der Waals surface area contributed by atoms with Gasteiger partial charge in [-0.1, -0.05) is 31.5 Å². The Morgan fingerprint density at radius 3 is 2.54 bits per heavy atom. The van der Waals surface area contributed by atoms with Gasteiger partial charge in [-0.05, 0) is 42.3 Å². The van der Waals surface area contributed by atoms with Gasteiger partial charge in [0.2, 0.25) is 0 Å². The molecule has 1 heterocycles. The molecular formula is C20H19ClN4O3. The first-order chi connectivity index (χ1) is 13.3. The molecule has 1 amide bonds. The lowest BCUT2D eigenvalue weighted by molar-refractivity contribution is -0.384. The summed E-state index contributed by atoms with van der Waals surface area (Å²) in [4.78, 5) is 23.1. The topological polar surface area (TPSA) is 90.1 Å². The Bertz CT molecular complexity index is 1010. The van der Waals surface area contributed by atoms with Gasteiger partial charge in [0, 0.05) is 29.3 Å². The van der Waals surface area contributed by atoms with E-state index in [2.05, 4.69) is 10.4 Å². The van der Waals surface area contributed by atoms with Crippen LogP contribution in [0.5, 0.6) is 0 Å². The Morgan fingerprint density at radius 1 is 1.21 bits per heavy atom. The molecule has 144 valence electrons. The summed E-state index contributed by atoms with van der Waals surface area (Å²) < 4.78 is 1.53. The van der Waals surface area contributed by atoms with Gasteiger partial charge in [0.1, 0.15) is 5.69 Å². The number of nitro groups is 1. The van der Waals surface area contributed by atoms with E-state index >= 15 is 0 Å². The van der Waals surface area contributed by atoms with Crippen LogP contribution in [0, 0.1) is 16.0 Å². The van der Waals surface area contributed by atoms with Crippen molar-refractivity contribution in [1.82, 2.24) is 15.1 Å². The molecule has 1 aromatic heterocycles. The van der Waals surface area contributed by atoms with Gasteiger partial charge in [0.15, 0.2) is 0 Å². The molecule has 1 N–H and O–H groups in total. The Balaban J connectivity index is 2.04. The van der Waals surface area contributed by atoms with Gasteiger partial charge >= 0.3 is 0 Å². The van der Waals surface area contributed by atoms with E-state index in [0.717, 1.165) is 0 Å². The van der Waals surface area contributed by atoms with Gasteiger partial charge < -0.3 is 5.32 Å². The van der Waals surface area contributed by atoms with Crippen LogP contribution in [0.2, 0.25) is 5.02 Å². The molecule has 0 bridgehead atoms. The maximum absolute atomic E-state index is 12.7. The van der Waals surface area contributed by atoms with E-state index in [-0.39, 0.29) is 11.6 Å². The maximum atomic E-state index is 12.7. The molecule has 3 aromatic rings. The predicted octanol–water partition coefficient (Wildman–Crippen LogP) is 4.49. The summed E-state index contributed by atoms with van der Waals surface area (Å²) in [5.41, 5.74) is 2.20. The molecule has 0 spiro atoms. The molecule has 0 radical (unpaired) electrons. The summed E-state index contributed by atoms with van der Waals surface area (Å²) in [6.07, 6.45) is 0. The molecule has 0 unspecified atom stereocenters. The predicted molar refractivity (Wildman–Crippen MR) is 108 cm³/mol. The van der Waals surface area contributed by atoms with Crippen molar-refractivity contribution in [2.24, 2.45) is 5.92 Å². The number of amides is 1. The van der Waals surface area contributed by atoms with Crippen molar-refractivity contribution >= 4 is 23.2 Å². The minimum Gasteiger partial charge on any atom is -0.350 e. The van der Waals surface area contributed by atoms with E-state index < -0.39 is 4.92 Å². The SMILES string of the molecule is CC(C)CNC(=O)c1cc(-c2ccc([N+](=O)[O-])cc2)nn1-c1cccc(Cl)c1.